The van der Waals surface area contributed by atoms with Crippen LogP contribution >= 0.6 is 15.9 Å². The lowest BCUT2D eigenvalue weighted by molar-refractivity contribution is 0.139. The van der Waals surface area contributed by atoms with Crippen LogP contribution in [0, 0.1) is 5.92 Å². The number of piperidine rings is 1. The van der Waals surface area contributed by atoms with Gasteiger partial charge in [-0.25, -0.2) is 0 Å². The second kappa shape index (κ2) is 7.57. The van der Waals surface area contributed by atoms with Crippen LogP contribution in [0.5, 0.6) is 0 Å². The summed E-state index contributed by atoms with van der Waals surface area (Å²) in [6.45, 7) is 8.75. The molecule has 0 aromatic carbocycles. The van der Waals surface area contributed by atoms with Gasteiger partial charge in [-0.15, -0.1) is 0 Å². The van der Waals surface area contributed by atoms with Gasteiger partial charge in [0.05, 0.1) is 15.9 Å². The average Bonchev–Trinajstić information content (AvgIpc) is 2.76. The molecule has 0 spiro atoms. The lowest BCUT2D eigenvalue weighted by Gasteiger charge is -2.32. The molecule has 114 valence electrons. The molecule has 1 aromatic heterocycles. The van der Waals surface area contributed by atoms with Gasteiger partial charge in [-0.3, -0.25) is 9.58 Å². The Morgan fingerprint density at radius 2 is 2.20 bits per heavy atom. The molecule has 0 bridgehead atoms. The topological polar surface area (TPSA) is 41.3 Å². The lowest BCUT2D eigenvalue weighted by Crippen LogP contribution is -2.36. The van der Waals surface area contributed by atoms with Crippen LogP contribution in [0.15, 0.2) is 4.47 Å². The summed E-state index contributed by atoms with van der Waals surface area (Å²) in [4.78, 5) is 2.51. The van der Waals surface area contributed by atoms with Crippen molar-refractivity contribution in [2.75, 3.05) is 19.7 Å². The minimum atomic E-state index is 0.315. The smallest absolute Gasteiger partial charge is 0.0767 e. The van der Waals surface area contributed by atoms with Crippen LogP contribution in [0.1, 0.15) is 44.5 Å². The molecular formula is C15H26BrN3O. The van der Waals surface area contributed by atoms with Crippen LogP contribution in [0.4, 0.5) is 0 Å². The highest BCUT2D eigenvalue weighted by molar-refractivity contribution is 9.10. The third-order valence-corrected chi connectivity index (χ3v) is 5.12. The first-order chi connectivity index (χ1) is 9.69. The van der Waals surface area contributed by atoms with Gasteiger partial charge in [0.25, 0.3) is 0 Å². The maximum absolute atomic E-state index is 9.12. The Bertz CT molecular complexity index is 431. The Morgan fingerprint density at radius 1 is 1.40 bits per heavy atom. The standard InChI is InChI=1S/C15H26BrN3O/c1-3-13-15(16)14(19(4-2)17-13)11-18-8-5-6-12(10-18)7-9-20/h12,20H,3-11H2,1-2H3. The number of hydrogen-bond acceptors (Lipinski definition) is 3. The van der Waals surface area contributed by atoms with Gasteiger partial charge in [0.1, 0.15) is 0 Å². The molecule has 4 nitrogen and oxygen atoms in total. The summed E-state index contributed by atoms with van der Waals surface area (Å²) in [6, 6.07) is 0. The van der Waals surface area contributed by atoms with E-state index in [1.165, 1.54) is 23.0 Å². The van der Waals surface area contributed by atoms with Crippen LogP contribution < -0.4 is 0 Å². The molecule has 1 aromatic rings. The first kappa shape index (κ1) is 16.0. The van der Waals surface area contributed by atoms with Gasteiger partial charge in [-0.2, -0.15) is 5.10 Å². The molecule has 1 aliphatic heterocycles. The zero-order valence-corrected chi connectivity index (χ0v) is 14.2. The molecule has 0 amide bonds. The predicted octanol–water partition coefficient (Wildman–Crippen LogP) is 2.82. The van der Waals surface area contributed by atoms with E-state index in [0.717, 1.165) is 44.7 Å². The zero-order valence-electron chi connectivity index (χ0n) is 12.6. The molecule has 5 heteroatoms. The summed E-state index contributed by atoms with van der Waals surface area (Å²) in [6.07, 6.45) is 4.40. The first-order valence-corrected chi connectivity index (χ1v) is 8.56. The molecule has 1 unspecified atom stereocenters. The fourth-order valence-corrected chi connectivity index (χ4v) is 3.78. The van der Waals surface area contributed by atoms with E-state index in [0.29, 0.717) is 12.5 Å². The van der Waals surface area contributed by atoms with Gasteiger partial charge < -0.3 is 5.11 Å². The van der Waals surface area contributed by atoms with E-state index < -0.39 is 0 Å². The van der Waals surface area contributed by atoms with Gasteiger partial charge in [0, 0.05) is 26.2 Å². The van der Waals surface area contributed by atoms with Crippen molar-refractivity contribution < 1.29 is 5.11 Å². The van der Waals surface area contributed by atoms with Crippen molar-refractivity contribution in [3.63, 3.8) is 0 Å². The zero-order chi connectivity index (χ0) is 14.5. The molecule has 1 saturated heterocycles. The number of likely N-dealkylation sites (tertiary alicyclic amines) is 1. The van der Waals surface area contributed by atoms with Crippen LogP contribution in [-0.2, 0) is 19.5 Å². The fraction of sp³-hybridized carbons (Fsp3) is 0.800. The Balaban J connectivity index is 2.07. The second-order valence-corrected chi connectivity index (χ2v) is 6.43. The molecule has 20 heavy (non-hydrogen) atoms. The largest absolute Gasteiger partial charge is 0.396 e. The predicted molar refractivity (Wildman–Crippen MR) is 84.7 cm³/mol. The van der Waals surface area contributed by atoms with Crippen molar-refractivity contribution in [3.05, 3.63) is 15.9 Å². The van der Waals surface area contributed by atoms with Gasteiger partial charge in [0.2, 0.25) is 0 Å². The van der Waals surface area contributed by atoms with E-state index in [2.05, 4.69) is 44.5 Å². The summed E-state index contributed by atoms with van der Waals surface area (Å²) in [5, 5.41) is 13.8. The van der Waals surface area contributed by atoms with Crippen molar-refractivity contribution in [1.29, 1.82) is 0 Å². The Labute approximate surface area is 130 Å². The van der Waals surface area contributed by atoms with E-state index in [-0.39, 0.29) is 0 Å². The van der Waals surface area contributed by atoms with Crippen LogP contribution in [-0.4, -0.2) is 39.5 Å². The molecule has 2 rings (SSSR count). The maximum atomic E-state index is 9.12. The number of aromatic nitrogens is 2. The lowest BCUT2D eigenvalue weighted by atomic mass is 9.95. The van der Waals surface area contributed by atoms with Gasteiger partial charge in [-0.1, -0.05) is 6.92 Å². The highest BCUT2D eigenvalue weighted by atomic mass is 79.9. The van der Waals surface area contributed by atoms with Crippen molar-refractivity contribution in [2.45, 2.75) is 52.6 Å². The fourth-order valence-electron chi connectivity index (χ4n) is 3.09. The second-order valence-electron chi connectivity index (χ2n) is 5.63. The number of rotatable bonds is 6. The molecule has 1 N–H and O–H groups in total. The molecule has 1 aliphatic rings. The molecule has 0 radical (unpaired) electrons. The molecule has 0 saturated carbocycles. The van der Waals surface area contributed by atoms with E-state index in [9.17, 15) is 0 Å². The SMILES string of the molecule is CCc1nn(CC)c(CN2CCCC(CCO)C2)c1Br. The highest BCUT2D eigenvalue weighted by Crippen LogP contribution is 2.26. The number of aliphatic hydroxyl groups excluding tert-OH is 1. The quantitative estimate of drug-likeness (QED) is 0.863. The first-order valence-electron chi connectivity index (χ1n) is 7.76. The minimum Gasteiger partial charge on any atom is -0.396 e. The van der Waals surface area contributed by atoms with Gasteiger partial charge in [0.15, 0.2) is 0 Å². The maximum Gasteiger partial charge on any atom is 0.0767 e. The number of halogens is 1. The summed E-state index contributed by atoms with van der Waals surface area (Å²) >= 11 is 3.73. The Hall–Kier alpha value is -0.390. The van der Waals surface area contributed by atoms with Crippen molar-refractivity contribution >= 4 is 15.9 Å². The van der Waals surface area contributed by atoms with Crippen molar-refractivity contribution in [3.8, 4) is 0 Å². The summed E-state index contributed by atoms with van der Waals surface area (Å²) < 4.78 is 3.31. The van der Waals surface area contributed by atoms with E-state index >= 15 is 0 Å². The average molecular weight is 344 g/mol. The van der Waals surface area contributed by atoms with E-state index in [4.69, 9.17) is 5.11 Å². The Kier molecular flexibility index (Phi) is 6.05. The van der Waals surface area contributed by atoms with Crippen LogP contribution in [0.3, 0.4) is 0 Å². The summed E-state index contributed by atoms with van der Waals surface area (Å²) in [7, 11) is 0. The number of hydrogen-bond donors (Lipinski definition) is 1. The molecule has 1 atom stereocenters. The van der Waals surface area contributed by atoms with Crippen LogP contribution in [0.2, 0.25) is 0 Å². The Morgan fingerprint density at radius 3 is 2.85 bits per heavy atom. The number of aliphatic hydroxyl groups is 1. The van der Waals surface area contributed by atoms with Gasteiger partial charge in [-0.05, 0) is 61.0 Å². The summed E-state index contributed by atoms with van der Waals surface area (Å²) in [5.74, 6) is 0.649. The van der Waals surface area contributed by atoms with E-state index in [1.54, 1.807) is 0 Å². The van der Waals surface area contributed by atoms with E-state index in [1.807, 2.05) is 0 Å². The van der Waals surface area contributed by atoms with Crippen molar-refractivity contribution in [1.82, 2.24) is 14.7 Å². The number of nitrogens with zero attached hydrogens (tertiary/aromatic N) is 3. The highest BCUT2D eigenvalue weighted by Gasteiger charge is 2.22. The third-order valence-electron chi connectivity index (χ3n) is 4.21. The number of aryl methyl sites for hydroxylation is 2. The third kappa shape index (κ3) is 3.62. The van der Waals surface area contributed by atoms with Crippen LogP contribution in [0.25, 0.3) is 0 Å². The summed E-state index contributed by atoms with van der Waals surface area (Å²) in [5.41, 5.74) is 2.46. The molecule has 1 fully saturated rings. The van der Waals surface area contributed by atoms with Crippen molar-refractivity contribution in [2.24, 2.45) is 5.92 Å². The molecule has 2 heterocycles. The molecule has 0 aliphatic carbocycles. The monoisotopic (exact) mass is 343 g/mol. The minimum absolute atomic E-state index is 0.315. The molecular weight excluding hydrogens is 318 g/mol. The van der Waals surface area contributed by atoms with Gasteiger partial charge >= 0.3 is 0 Å². The normalized spacial score (nSPS) is 20.5.